The number of benzene rings is 2. The number of hydrogen-bond donors (Lipinski definition) is 2. The van der Waals surface area contributed by atoms with Gasteiger partial charge < -0.3 is 11.1 Å². The van der Waals surface area contributed by atoms with Gasteiger partial charge in [0.1, 0.15) is 5.82 Å². The van der Waals surface area contributed by atoms with Crippen LogP contribution in [0.15, 0.2) is 42.5 Å². The van der Waals surface area contributed by atoms with Crippen molar-refractivity contribution >= 4 is 29.9 Å². The molecule has 7 heteroatoms. The lowest BCUT2D eigenvalue weighted by Crippen LogP contribution is -2.32. The molecule has 0 aromatic heterocycles. The van der Waals surface area contributed by atoms with Crippen molar-refractivity contribution in [2.24, 2.45) is 11.7 Å². The van der Waals surface area contributed by atoms with Gasteiger partial charge >= 0.3 is 0 Å². The van der Waals surface area contributed by atoms with E-state index in [2.05, 4.69) is 10.2 Å². The van der Waals surface area contributed by atoms with Crippen LogP contribution in [0, 0.1) is 11.7 Å². The topological polar surface area (TPSA) is 58.4 Å². The second-order valence-corrected chi connectivity index (χ2v) is 7.17. The normalized spacial score (nSPS) is 19.6. The maximum Gasteiger partial charge on any atom is 0.251 e. The van der Waals surface area contributed by atoms with E-state index in [1.807, 2.05) is 25.2 Å². The van der Waals surface area contributed by atoms with Crippen LogP contribution < -0.4 is 11.1 Å². The van der Waals surface area contributed by atoms with Crippen molar-refractivity contribution in [3.05, 3.63) is 70.0 Å². The van der Waals surface area contributed by atoms with Gasteiger partial charge in [0.2, 0.25) is 0 Å². The fourth-order valence-electron chi connectivity index (χ4n) is 3.58. The van der Waals surface area contributed by atoms with E-state index in [-0.39, 0.29) is 35.3 Å². The van der Waals surface area contributed by atoms with Gasteiger partial charge in [0.15, 0.2) is 0 Å². The van der Waals surface area contributed by atoms with Crippen LogP contribution in [0.25, 0.3) is 0 Å². The highest BCUT2D eigenvalue weighted by Crippen LogP contribution is 2.36. The molecule has 1 heterocycles. The number of carbonyl (C=O) groups excluding carboxylic acids is 1. The molecule has 1 aliphatic heterocycles. The highest BCUT2D eigenvalue weighted by molar-refractivity contribution is 6.30. The Labute approximate surface area is 170 Å². The van der Waals surface area contributed by atoms with Gasteiger partial charge in [0.05, 0.1) is 5.02 Å². The summed E-state index contributed by atoms with van der Waals surface area (Å²) in [4.78, 5) is 14.6. The van der Waals surface area contributed by atoms with Gasteiger partial charge in [-0.1, -0.05) is 29.8 Å². The van der Waals surface area contributed by atoms with Crippen LogP contribution in [0.5, 0.6) is 0 Å². The first-order valence-electron chi connectivity index (χ1n) is 8.72. The summed E-state index contributed by atoms with van der Waals surface area (Å²) in [6, 6.07) is 12.3. The van der Waals surface area contributed by atoms with Crippen molar-refractivity contribution in [3.63, 3.8) is 0 Å². The Kier molecular flexibility index (Phi) is 7.62. The molecule has 0 bridgehead atoms. The number of nitrogens with zero attached hydrogens (tertiary/aromatic N) is 1. The lowest BCUT2D eigenvalue weighted by Gasteiger charge is -2.26. The summed E-state index contributed by atoms with van der Waals surface area (Å²) in [7, 11) is 2.02. The molecule has 0 spiro atoms. The van der Waals surface area contributed by atoms with E-state index in [0.717, 1.165) is 24.1 Å². The minimum Gasteiger partial charge on any atom is -0.352 e. The van der Waals surface area contributed by atoms with Crippen molar-refractivity contribution in [2.75, 3.05) is 20.1 Å². The molecule has 0 radical (unpaired) electrons. The first-order chi connectivity index (χ1) is 12.5. The average Bonchev–Trinajstić information content (AvgIpc) is 3.02. The summed E-state index contributed by atoms with van der Waals surface area (Å²) in [6.07, 6.45) is 0.942. The fraction of sp³-hybridized carbons (Fsp3) is 0.350. The summed E-state index contributed by atoms with van der Waals surface area (Å²) < 4.78 is 13.9. The lowest BCUT2D eigenvalue weighted by molar-refractivity contribution is 0.0943. The van der Waals surface area contributed by atoms with E-state index >= 15 is 0 Å². The number of amides is 1. The average molecular weight is 412 g/mol. The number of hydrogen-bond acceptors (Lipinski definition) is 3. The van der Waals surface area contributed by atoms with Gasteiger partial charge in [-0.05, 0) is 61.3 Å². The summed E-state index contributed by atoms with van der Waals surface area (Å²) in [5.41, 5.74) is 8.07. The predicted octanol–water partition coefficient (Wildman–Crippen LogP) is 3.78. The van der Waals surface area contributed by atoms with Crippen LogP contribution in [0.1, 0.15) is 33.9 Å². The highest BCUT2D eigenvalue weighted by atomic mass is 35.5. The van der Waals surface area contributed by atoms with Crippen molar-refractivity contribution in [3.8, 4) is 0 Å². The first-order valence-corrected chi connectivity index (χ1v) is 9.09. The molecule has 2 unspecified atom stereocenters. The quantitative estimate of drug-likeness (QED) is 0.786. The largest absolute Gasteiger partial charge is 0.352 e. The minimum atomic E-state index is -0.410. The monoisotopic (exact) mass is 411 g/mol. The van der Waals surface area contributed by atoms with Gasteiger partial charge in [-0.3, -0.25) is 9.69 Å². The molecule has 1 saturated heterocycles. The third kappa shape index (κ3) is 4.99. The van der Waals surface area contributed by atoms with E-state index < -0.39 is 5.82 Å². The van der Waals surface area contributed by atoms with Crippen LogP contribution in [-0.2, 0) is 6.54 Å². The highest BCUT2D eigenvalue weighted by Gasteiger charge is 2.33. The maximum absolute atomic E-state index is 13.9. The second kappa shape index (κ2) is 9.51. The summed E-state index contributed by atoms with van der Waals surface area (Å²) in [6.45, 7) is 1.90. The van der Waals surface area contributed by atoms with Crippen molar-refractivity contribution in [2.45, 2.75) is 19.0 Å². The summed E-state index contributed by atoms with van der Waals surface area (Å²) in [5, 5.41) is 3.13. The fourth-order valence-corrected chi connectivity index (χ4v) is 3.70. The Morgan fingerprint density at radius 2 is 2.00 bits per heavy atom. The third-order valence-corrected chi connectivity index (χ3v) is 5.34. The molecule has 3 rings (SSSR count). The van der Waals surface area contributed by atoms with Crippen LogP contribution in [0.4, 0.5) is 4.39 Å². The van der Waals surface area contributed by atoms with Gasteiger partial charge in [-0.2, -0.15) is 0 Å². The number of likely N-dealkylation sites (tertiary alicyclic amines) is 1. The Hall–Kier alpha value is -1.66. The predicted molar refractivity (Wildman–Crippen MR) is 109 cm³/mol. The SMILES string of the molecule is CN1CCC(CNC(=O)c2ccc(CN)cc2)C1c1ccc(Cl)c(F)c1.Cl. The minimum absolute atomic E-state index is 0. The smallest absolute Gasteiger partial charge is 0.251 e. The van der Waals surface area contributed by atoms with E-state index in [9.17, 15) is 9.18 Å². The molecule has 2 aromatic rings. The summed E-state index contributed by atoms with van der Waals surface area (Å²) in [5.74, 6) is -0.302. The van der Waals surface area contributed by atoms with Crippen molar-refractivity contribution in [1.82, 2.24) is 10.2 Å². The molecule has 1 aliphatic rings. The number of rotatable bonds is 5. The Bertz CT molecular complexity index is 785. The first kappa shape index (κ1) is 21.6. The third-order valence-electron chi connectivity index (χ3n) is 5.04. The standard InChI is InChI=1S/C20H23ClFN3O.ClH/c1-25-9-8-16(19(25)15-6-7-17(21)18(22)10-15)12-24-20(26)14-4-2-13(11-23)3-5-14;/h2-7,10,16,19H,8-9,11-12,23H2,1H3,(H,24,26);1H. The van der Waals surface area contributed by atoms with Crippen LogP contribution in [-0.4, -0.2) is 30.9 Å². The molecular formula is C20H24Cl2FN3O. The second-order valence-electron chi connectivity index (χ2n) is 6.76. The molecule has 0 aliphatic carbocycles. The number of nitrogens with one attached hydrogen (secondary N) is 1. The zero-order valence-corrected chi connectivity index (χ0v) is 16.7. The number of carbonyl (C=O) groups is 1. The van der Waals surface area contributed by atoms with Gasteiger partial charge in [-0.25, -0.2) is 4.39 Å². The molecule has 0 saturated carbocycles. The molecule has 2 aromatic carbocycles. The van der Waals surface area contributed by atoms with Gasteiger partial charge in [0.25, 0.3) is 5.91 Å². The number of halogens is 3. The van der Waals surface area contributed by atoms with E-state index in [1.54, 1.807) is 18.2 Å². The van der Waals surface area contributed by atoms with E-state index in [1.165, 1.54) is 6.07 Å². The van der Waals surface area contributed by atoms with Crippen LogP contribution in [0.2, 0.25) is 5.02 Å². The zero-order valence-electron chi connectivity index (χ0n) is 15.1. The van der Waals surface area contributed by atoms with Crippen LogP contribution >= 0.6 is 24.0 Å². The summed E-state index contributed by atoms with van der Waals surface area (Å²) >= 11 is 5.80. The number of nitrogens with two attached hydrogens (primary N) is 1. The zero-order chi connectivity index (χ0) is 18.7. The maximum atomic E-state index is 13.9. The molecule has 1 amide bonds. The van der Waals surface area contributed by atoms with Gasteiger partial charge in [-0.15, -0.1) is 12.4 Å². The lowest BCUT2D eigenvalue weighted by atomic mass is 9.93. The molecule has 27 heavy (non-hydrogen) atoms. The molecule has 4 nitrogen and oxygen atoms in total. The Balaban J connectivity index is 0.00000261. The molecular weight excluding hydrogens is 388 g/mol. The van der Waals surface area contributed by atoms with E-state index in [4.69, 9.17) is 17.3 Å². The Morgan fingerprint density at radius 1 is 1.30 bits per heavy atom. The van der Waals surface area contributed by atoms with Gasteiger partial charge in [0, 0.05) is 24.7 Å². The van der Waals surface area contributed by atoms with Crippen molar-refractivity contribution < 1.29 is 9.18 Å². The molecule has 1 fully saturated rings. The van der Waals surface area contributed by atoms with E-state index in [0.29, 0.717) is 18.7 Å². The molecule has 3 N–H and O–H groups in total. The molecule has 146 valence electrons. The van der Waals surface area contributed by atoms with Crippen molar-refractivity contribution in [1.29, 1.82) is 0 Å². The van der Waals surface area contributed by atoms with Crippen LogP contribution in [0.3, 0.4) is 0 Å². The molecule has 2 atom stereocenters. The Morgan fingerprint density at radius 3 is 2.63 bits per heavy atom.